The third kappa shape index (κ3) is 7.69. The van der Waals surface area contributed by atoms with Crippen LogP contribution in [0, 0.1) is 0 Å². The maximum Gasteiger partial charge on any atom is 0.517 e. The quantitative estimate of drug-likeness (QED) is 0.115. The molecule has 240 valence electrons. The smallest absolute Gasteiger partial charge is 0.485 e. The molecule has 0 radical (unpaired) electrons. The molecule has 1 aliphatic heterocycles. The number of carbonyl (C=O) groups is 2. The largest absolute Gasteiger partial charge is 0.517 e. The lowest BCUT2D eigenvalue weighted by atomic mass is 10.1. The molecule has 1 unspecified atom stereocenters. The molecule has 10 heteroatoms. The summed E-state index contributed by atoms with van der Waals surface area (Å²) in [5.41, 5.74) is 1.58. The number of nitrogens with zero attached hydrogens (tertiary/aromatic N) is 1. The van der Waals surface area contributed by atoms with Gasteiger partial charge in [-0.15, -0.1) is 0 Å². The summed E-state index contributed by atoms with van der Waals surface area (Å²) in [6.45, 7) is 4.38. The Morgan fingerprint density at radius 2 is 1.57 bits per heavy atom. The molecule has 46 heavy (non-hydrogen) atoms. The van der Waals surface area contributed by atoms with Crippen molar-refractivity contribution in [2.45, 2.75) is 45.7 Å². The van der Waals surface area contributed by atoms with Crippen LogP contribution in [0.2, 0.25) is 0 Å². The Hall–Kier alpha value is -4.83. The number of carbonyl (C=O) groups excluding carboxylic acids is 2. The molecule has 0 aliphatic carbocycles. The van der Waals surface area contributed by atoms with Crippen molar-refractivity contribution in [1.82, 2.24) is 0 Å². The summed E-state index contributed by atoms with van der Waals surface area (Å²) >= 11 is 0. The van der Waals surface area contributed by atoms with E-state index in [1.807, 2.05) is 60.7 Å². The fourth-order valence-corrected chi connectivity index (χ4v) is 5.40. The summed E-state index contributed by atoms with van der Waals surface area (Å²) in [5, 5.41) is 0. The zero-order chi connectivity index (χ0) is 32.7. The van der Waals surface area contributed by atoms with Gasteiger partial charge in [-0.1, -0.05) is 66.7 Å². The van der Waals surface area contributed by atoms with E-state index in [0.29, 0.717) is 11.3 Å². The number of halogens is 3. The Balaban J connectivity index is 1.51. The van der Waals surface area contributed by atoms with Crippen LogP contribution >= 0.6 is 0 Å². The lowest BCUT2D eigenvalue weighted by Crippen LogP contribution is -2.48. The van der Waals surface area contributed by atoms with Crippen molar-refractivity contribution >= 4 is 12.1 Å². The van der Waals surface area contributed by atoms with Crippen LogP contribution in [0.5, 0.6) is 17.2 Å². The first-order valence-corrected chi connectivity index (χ1v) is 15.1. The van der Waals surface area contributed by atoms with Crippen LogP contribution in [-0.4, -0.2) is 36.2 Å². The fourth-order valence-electron chi connectivity index (χ4n) is 5.40. The summed E-state index contributed by atoms with van der Waals surface area (Å²) in [4.78, 5) is 25.6. The van der Waals surface area contributed by atoms with E-state index in [2.05, 4.69) is 0 Å². The minimum absolute atomic E-state index is 0.0361. The van der Waals surface area contributed by atoms with Gasteiger partial charge in [0, 0.05) is 0 Å². The van der Waals surface area contributed by atoms with Crippen molar-refractivity contribution in [3.63, 3.8) is 0 Å². The molecule has 0 N–H and O–H groups in total. The summed E-state index contributed by atoms with van der Waals surface area (Å²) in [6.07, 6.45) is -5.72. The molecular weight excluding hydrogens is 599 g/mol. The van der Waals surface area contributed by atoms with Gasteiger partial charge in [-0.3, -0.25) is 4.79 Å². The second-order valence-corrected chi connectivity index (χ2v) is 11.0. The average Bonchev–Trinajstić information content (AvgIpc) is 3.37. The van der Waals surface area contributed by atoms with E-state index in [0.717, 1.165) is 23.3 Å². The normalized spacial score (nSPS) is 17.8. The monoisotopic (exact) mass is 634 g/mol. The van der Waals surface area contributed by atoms with Gasteiger partial charge in [-0.25, -0.2) is 4.48 Å². The summed E-state index contributed by atoms with van der Waals surface area (Å²) in [7, 11) is 0. The van der Waals surface area contributed by atoms with E-state index in [1.54, 1.807) is 32.0 Å². The fraction of sp³-hybridized carbons (Fsp3) is 0.278. The van der Waals surface area contributed by atoms with Crippen LogP contribution in [0.1, 0.15) is 47.8 Å². The van der Waals surface area contributed by atoms with Crippen molar-refractivity contribution in [1.29, 1.82) is 0 Å². The standard InChI is InChI=1S/C36H35F3NO6/c1-3-40(23-33(46-35(40)42)27-13-9-6-10-14-27)22-28-21-29(36(37,38)39)16-18-30(28)45-32-19-26(20-34(41)43-4-2)15-17-31(32)44-24-25-11-7-5-8-12-25/h5-19,21,33H,3-4,20,22-24H2,1-2H3/q+1/t33-,40?/m1/s1. The van der Waals surface area contributed by atoms with Gasteiger partial charge in [0.15, 0.2) is 17.6 Å². The highest BCUT2D eigenvalue weighted by atomic mass is 19.4. The molecular formula is C36H35F3NO6+. The molecule has 0 aromatic heterocycles. The van der Waals surface area contributed by atoms with Crippen molar-refractivity contribution in [3.05, 3.63) is 125 Å². The van der Waals surface area contributed by atoms with Crippen molar-refractivity contribution in [2.75, 3.05) is 19.7 Å². The number of ether oxygens (including phenoxy) is 4. The number of hydrogen-bond acceptors (Lipinski definition) is 6. The second kappa shape index (κ2) is 14.1. The summed E-state index contributed by atoms with van der Waals surface area (Å²) in [6, 6.07) is 26.9. The SMILES string of the molecule is CCOC(=O)Cc1ccc(OCc2ccccc2)c(Oc2ccc(C(F)(F)F)cc2C[N+]2(CC)C[C@H](c3ccccc3)OC2=O)c1. The van der Waals surface area contributed by atoms with Crippen LogP contribution in [-0.2, 0) is 40.0 Å². The molecule has 2 atom stereocenters. The maximum absolute atomic E-state index is 13.9. The number of esters is 1. The van der Waals surface area contributed by atoms with Gasteiger partial charge in [0.05, 0.1) is 30.7 Å². The van der Waals surface area contributed by atoms with Crippen molar-refractivity contribution in [2.24, 2.45) is 0 Å². The molecule has 7 nitrogen and oxygen atoms in total. The van der Waals surface area contributed by atoms with Gasteiger partial charge in [0.25, 0.3) is 0 Å². The first-order valence-electron chi connectivity index (χ1n) is 15.1. The van der Waals surface area contributed by atoms with E-state index < -0.39 is 29.9 Å². The average molecular weight is 635 g/mol. The second-order valence-electron chi connectivity index (χ2n) is 11.0. The first kappa shape index (κ1) is 32.6. The van der Waals surface area contributed by atoms with Gasteiger partial charge >= 0.3 is 18.2 Å². The van der Waals surface area contributed by atoms with Gasteiger partial charge in [0.2, 0.25) is 0 Å². The Kier molecular flexibility index (Phi) is 9.96. The molecule has 1 aliphatic rings. The zero-order valence-electron chi connectivity index (χ0n) is 25.6. The van der Waals surface area contributed by atoms with E-state index in [-0.39, 0.29) is 60.8 Å². The van der Waals surface area contributed by atoms with E-state index in [9.17, 15) is 22.8 Å². The maximum atomic E-state index is 13.9. The molecule has 1 heterocycles. The topological polar surface area (TPSA) is 71.1 Å². The van der Waals surface area contributed by atoms with E-state index in [4.69, 9.17) is 18.9 Å². The number of benzene rings is 4. The number of alkyl halides is 3. The molecule has 1 saturated heterocycles. The highest BCUT2D eigenvalue weighted by Crippen LogP contribution is 2.41. The van der Waals surface area contributed by atoms with E-state index >= 15 is 0 Å². The predicted octanol–water partition coefficient (Wildman–Crippen LogP) is 8.41. The minimum atomic E-state index is -4.62. The molecule has 0 bridgehead atoms. The van der Waals surface area contributed by atoms with E-state index in [1.165, 1.54) is 6.07 Å². The van der Waals surface area contributed by atoms with Gasteiger partial charge < -0.3 is 18.9 Å². The van der Waals surface area contributed by atoms with Crippen molar-refractivity contribution in [3.8, 4) is 17.2 Å². The zero-order valence-corrected chi connectivity index (χ0v) is 25.6. The Morgan fingerprint density at radius 3 is 2.24 bits per heavy atom. The number of hydrogen-bond donors (Lipinski definition) is 0. The van der Waals surface area contributed by atoms with Crippen LogP contribution < -0.4 is 9.47 Å². The summed E-state index contributed by atoms with van der Waals surface area (Å²) < 4.78 is 64.8. The highest BCUT2D eigenvalue weighted by Gasteiger charge is 2.49. The van der Waals surface area contributed by atoms with Crippen LogP contribution in [0.4, 0.5) is 18.0 Å². The molecule has 4 aromatic carbocycles. The predicted molar refractivity (Wildman–Crippen MR) is 164 cm³/mol. The lowest BCUT2D eigenvalue weighted by Gasteiger charge is -2.28. The number of amides is 1. The number of rotatable bonds is 12. The van der Waals surface area contributed by atoms with Gasteiger partial charge in [-0.05, 0) is 60.9 Å². The first-order chi connectivity index (χ1) is 22.1. The van der Waals surface area contributed by atoms with Crippen LogP contribution in [0.15, 0.2) is 97.1 Å². The Bertz CT molecular complexity index is 1660. The lowest BCUT2D eigenvalue weighted by molar-refractivity contribution is -0.856. The molecule has 5 rings (SSSR count). The third-order valence-corrected chi connectivity index (χ3v) is 7.90. The number of likely N-dealkylation sites (N-methyl/N-ethyl adjacent to an activating group) is 1. The van der Waals surface area contributed by atoms with Crippen LogP contribution in [0.3, 0.4) is 0 Å². The number of quaternary nitrogens is 1. The van der Waals surface area contributed by atoms with Gasteiger partial charge in [-0.2, -0.15) is 18.0 Å². The molecule has 1 fully saturated rings. The van der Waals surface area contributed by atoms with Crippen molar-refractivity contribution < 1.29 is 46.2 Å². The number of cyclic esters (lactones) is 1. The highest BCUT2D eigenvalue weighted by molar-refractivity contribution is 5.73. The molecule has 0 spiro atoms. The van der Waals surface area contributed by atoms with Crippen LogP contribution in [0.25, 0.3) is 0 Å². The minimum Gasteiger partial charge on any atom is -0.485 e. The molecule has 1 amide bonds. The molecule has 4 aromatic rings. The third-order valence-electron chi connectivity index (χ3n) is 7.90. The summed E-state index contributed by atoms with van der Waals surface area (Å²) in [5.74, 6) is 0.212. The Labute approximate surface area is 265 Å². The Morgan fingerprint density at radius 1 is 0.870 bits per heavy atom. The molecule has 0 saturated carbocycles. The van der Waals surface area contributed by atoms with Gasteiger partial charge in [0.1, 0.15) is 25.4 Å².